The second-order valence-electron chi connectivity index (χ2n) is 6.91. The summed E-state index contributed by atoms with van der Waals surface area (Å²) in [6.07, 6.45) is 6.10. The molecule has 0 heterocycles. The standard InChI is InChI=1S/C19H28N2O/c1-3-21(4-2)18-9-7-17(8-10-18)20-19(22)13-16-12-14-5-6-15(16)11-14/h7-10,14-16H,3-6,11-13H2,1-2H3,(H,20,22)/t14-,15-,16+/m1/s1. The lowest BCUT2D eigenvalue weighted by Crippen LogP contribution is -2.22. The van der Waals surface area contributed by atoms with Gasteiger partial charge >= 0.3 is 0 Å². The molecule has 22 heavy (non-hydrogen) atoms. The van der Waals surface area contributed by atoms with Crippen LogP contribution in [0.25, 0.3) is 0 Å². The van der Waals surface area contributed by atoms with Gasteiger partial charge in [-0.2, -0.15) is 0 Å². The molecule has 3 atom stereocenters. The van der Waals surface area contributed by atoms with Gasteiger partial charge in [-0.1, -0.05) is 6.42 Å². The molecule has 0 aromatic heterocycles. The number of carbonyl (C=O) groups is 1. The fraction of sp³-hybridized carbons (Fsp3) is 0.632. The predicted molar refractivity (Wildman–Crippen MR) is 92.2 cm³/mol. The van der Waals surface area contributed by atoms with Crippen LogP contribution in [0.2, 0.25) is 0 Å². The van der Waals surface area contributed by atoms with E-state index in [0.29, 0.717) is 12.3 Å². The summed E-state index contributed by atoms with van der Waals surface area (Å²) in [7, 11) is 0. The van der Waals surface area contributed by atoms with Crippen molar-refractivity contribution in [2.24, 2.45) is 17.8 Å². The first-order chi connectivity index (χ1) is 10.7. The number of fused-ring (bicyclic) bond motifs is 2. The molecule has 0 saturated heterocycles. The lowest BCUT2D eigenvalue weighted by Gasteiger charge is -2.22. The van der Waals surface area contributed by atoms with Crippen LogP contribution >= 0.6 is 0 Å². The van der Waals surface area contributed by atoms with Crippen LogP contribution in [0.4, 0.5) is 11.4 Å². The number of nitrogens with zero attached hydrogens (tertiary/aromatic N) is 1. The molecular formula is C19H28N2O. The Morgan fingerprint density at radius 2 is 1.86 bits per heavy atom. The van der Waals surface area contributed by atoms with Crippen LogP contribution in [0, 0.1) is 17.8 Å². The summed E-state index contributed by atoms with van der Waals surface area (Å²) < 4.78 is 0. The molecule has 1 aromatic carbocycles. The van der Waals surface area contributed by atoms with Gasteiger partial charge in [0.25, 0.3) is 0 Å². The average molecular weight is 300 g/mol. The molecule has 3 rings (SSSR count). The summed E-state index contributed by atoms with van der Waals surface area (Å²) in [6.45, 7) is 6.34. The molecule has 0 aliphatic heterocycles. The second-order valence-corrected chi connectivity index (χ2v) is 6.91. The number of carbonyl (C=O) groups excluding carboxylic acids is 1. The molecule has 2 bridgehead atoms. The smallest absolute Gasteiger partial charge is 0.224 e. The van der Waals surface area contributed by atoms with Gasteiger partial charge in [0.15, 0.2) is 0 Å². The van der Waals surface area contributed by atoms with E-state index in [0.717, 1.165) is 30.6 Å². The van der Waals surface area contributed by atoms with Crippen molar-refractivity contribution in [3.63, 3.8) is 0 Å². The lowest BCUT2D eigenvalue weighted by atomic mass is 9.86. The van der Waals surface area contributed by atoms with Crippen LogP contribution in [-0.4, -0.2) is 19.0 Å². The van der Waals surface area contributed by atoms with E-state index >= 15 is 0 Å². The van der Waals surface area contributed by atoms with Crippen LogP contribution in [0.5, 0.6) is 0 Å². The highest BCUT2D eigenvalue weighted by molar-refractivity contribution is 5.91. The number of hydrogen-bond acceptors (Lipinski definition) is 2. The maximum Gasteiger partial charge on any atom is 0.224 e. The molecule has 120 valence electrons. The third kappa shape index (κ3) is 3.29. The molecule has 2 aliphatic rings. The molecular weight excluding hydrogens is 272 g/mol. The third-order valence-corrected chi connectivity index (χ3v) is 5.61. The number of hydrogen-bond donors (Lipinski definition) is 1. The summed E-state index contributed by atoms with van der Waals surface area (Å²) in [5.41, 5.74) is 2.14. The van der Waals surface area contributed by atoms with Crippen LogP contribution in [0.1, 0.15) is 46.0 Å². The minimum Gasteiger partial charge on any atom is -0.372 e. The molecule has 1 N–H and O–H groups in total. The van der Waals surface area contributed by atoms with Gasteiger partial charge in [-0.25, -0.2) is 0 Å². The van der Waals surface area contributed by atoms with Gasteiger partial charge in [-0.15, -0.1) is 0 Å². The largest absolute Gasteiger partial charge is 0.372 e. The molecule has 1 amide bonds. The Balaban J connectivity index is 1.53. The van der Waals surface area contributed by atoms with Crippen molar-refractivity contribution in [3.8, 4) is 0 Å². The van der Waals surface area contributed by atoms with Crippen LogP contribution in [0.15, 0.2) is 24.3 Å². The summed E-state index contributed by atoms with van der Waals surface area (Å²) in [6, 6.07) is 8.24. The van der Waals surface area contributed by atoms with Crippen LogP contribution in [0.3, 0.4) is 0 Å². The minimum atomic E-state index is 0.188. The van der Waals surface area contributed by atoms with Gasteiger partial charge in [0.1, 0.15) is 0 Å². The first kappa shape index (κ1) is 15.4. The van der Waals surface area contributed by atoms with Crippen LogP contribution in [-0.2, 0) is 4.79 Å². The predicted octanol–water partition coefficient (Wildman–Crippen LogP) is 4.30. The number of rotatable bonds is 6. The van der Waals surface area contributed by atoms with Crippen LogP contribution < -0.4 is 10.2 Å². The molecule has 3 nitrogen and oxygen atoms in total. The summed E-state index contributed by atoms with van der Waals surface area (Å²) >= 11 is 0. The van der Waals surface area contributed by atoms with Gasteiger partial charge in [-0.05, 0) is 75.1 Å². The number of amides is 1. The lowest BCUT2D eigenvalue weighted by molar-refractivity contribution is -0.117. The van der Waals surface area contributed by atoms with Crippen molar-refractivity contribution in [2.45, 2.75) is 46.0 Å². The third-order valence-electron chi connectivity index (χ3n) is 5.61. The molecule has 2 fully saturated rings. The highest BCUT2D eigenvalue weighted by Crippen LogP contribution is 2.49. The fourth-order valence-corrected chi connectivity index (χ4v) is 4.42. The average Bonchev–Trinajstić information content (AvgIpc) is 3.12. The zero-order valence-corrected chi connectivity index (χ0v) is 13.8. The Kier molecular flexibility index (Phi) is 4.70. The molecule has 0 radical (unpaired) electrons. The minimum absolute atomic E-state index is 0.188. The maximum absolute atomic E-state index is 12.3. The van der Waals surface area contributed by atoms with E-state index in [4.69, 9.17) is 0 Å². The molecule has 2 saturated carbocycles. The highest BCUT2D eigenvalue weighted by Gasteiger charge is 2.40. The SMILES string of the molecule is CCN(CC)c1ccc(NC(=O)C[C@@H]2C[C@@H]3CC[C@@H]2C3)cc1. The van der Waals surface area contributed by atoms with E-state index in [-0.39, 0.29) is 5.91 Å². The Labute approximate surface area is 134 Å². The van der Waals surface area contributed by atoms with E-state index in [1.54, 1.807) is 0 Å². The second kappa shape index (κ2) is 6.72. The molecule has 3 heteroatoms. The topological polar surface area (TPSA) is 32.3 Å². The normalized spacial score (nSPS) is 26.2. The monoisotopic (exact) mass is 300 g/mol. The van der Waals surface area contributed by atoms with Crippen molar-refractivity contribution in [3.05, 3.63) is 24.3 Å². The Morgan fingerprint density at radius 3 is 2.41 bits per heavy atom. The summed E-state index contributed by atoms with van der Waals surface area (Å²) in [4.78, 5) is 14.6. The number of nitrogens with one attached hydrogen (secondary N) is 1. The highest BCUT2D eigenvalue weighted by atomic mass is 16.1. The number of anilines is 2. The Hall–Kier alpha value is -1.51. The molecule has 2 aliphatic carbocycles. The van der Waals surface area contributed by atoms with E-state index in [2.05, 4.69) is 36.2 Å². The Morgan fingerprint density at radius 1 is 1.14 bits per heavy atom. The van der Waals surface area contributed by atoms with E-state index in [1.165, 1.54) is 31.4 Å². The first-order valence-electron chi connectivity index (χ1n) is 8.84. The zero-order chi connectivity index (χ0) is 15.5. The molecule has 1 aromatic rings. The zero-order valence-electron chi connectivity index (χ0n) is 13.8. The van der Waals surface area contributed by atoms with Gasteiger partial charge in [0.2, 0.25) is 5.91 Å². The van der Waals surface area contributed by atoms with Gasteiger partial charge in [-0.3, -0.25) is 4.79 Å². The summed E-state index contributed by atoms with van der Waals surface area (Å²) in [5.74, 6) is 2.55. The van der Waals surface area contributed by atoms with Crippen molar-refractivity contribution in [1.29, 1.82) is 0 Å². The molecule has 0 spiro atoms. The first-order valence-corrected chi connectivity index (χ1v) is 8.84. The fourth-order valence-electron chi connectivity index (χ4n) is 4.42. The Bertz CT molecular complexity index is 507. The van der Waals surface area contributed by atoms with Gasteiger partial charge < -0.3 is 10.2 Å². The maximum atomic E-state index is 12.3. The van der Waals surface area contributed by atoms with Crippen molar-refractivity contribution < 1.29 is 4.79 Å². The quantitative estimate of drug-likeness (QED) is 0.849. The van der Waals surface area contributed by atoms with Gasteiger partial charge in [0, 0.05) is 30.9 Å². The van der Waals surface area contributed by atoms with Gasteiger partial charge in [0.05, 0.1) is 0 Å². The van der Waals surface area contributed by atoms with E-state index in [9.17, 15) is 4.79 Å². The van der Waals surface area contributed by atoms with Crippen molar-refractivity contribution >= 4 is 17.3 Å². The number of benzene rings is 1. The van der Waals surface area contributed by atoms with E-state index in [1.807, 2.05) is 12.1 Å². The summed E-state index contributed by atoms with van der Waals surface area (Å²) in [5, 5.41) is 3.07. The van der Waals surface area contributed by atoms with E-state index < -0.39 is 0 Å². The molecule has 0 unspecified atom stereocenters. The van der Waals surface area contributed by atoms with Crippen molar-refractivity contribution in [2.75, 3.05) is 23.3 Å². The van der Waals surface area contributed by atoms with Crippen molar-refractivity contribution in [1.82, 2.24) is 0 Å².